The van der Waals surface area contributed by atoms with E-state index >= 15 is 0 Å². The van der Waals surface area contributed by atoms with Gasteiger partial charge in [-0.3, -0.25) is 4.79 Å². The van der Waals surface area contributed by atoms with Crippen LogP contribution < -0.4 is 14.8 Å². The highest BCUT2D eigenvalue weighted by molar-refractivity contribution is 5.83. The van der Waals surface area contributed by atoms with Crippen LogP contribution in [0.3, 0.4) is 0 Å². The van der Waals surface area contributed by atoms with Crippen molar-refractivity contribution >= 4 is 11.7 Å². The standard InChI is InChI=1S/C16H23NO5/c1-11(19)4-7-16(20)17-13(10-18)8-12-5-6-14(21-2)15(9-12)22-3/h5-6,9,13,18H,4,7-8,10H2,1-3H3,(H,17,20)/t13-/m0/s1. The molecule has 2 N–H and O–H groups in total. The van der Waals surface area contributed by atoms with Crippen LogP contribution in [0.25, 0.3) is 0 Å². The number of amides is 1. The third kappa shape index (κ3) is 5.73. The van der Waals surface area contributed by atoms with Gasteiger partial charge in [-0.15, -0.1) is 0 Å². The van der Waals surface area contributed by atoms with Crippen LogP contribution in [0.2, 0.25) is 0 Å². The average molecular weight is 309 g/mol. The molecule has 0 unspecified atom stereocenters. The van der Waals surface area contributed by atoms with Crippen LogP contribution in [0.4, 0.5) is 0 Å². The molecule has 1 rings (SSSR count). The first kappa shape index (κ1) is 18.0. The molecule has 1 amide bonds. The van der Waals surface area contributed by atoms with Gasteiger partial charge < -0.3 is 24.7 Å². The predicted molar refractivity (Wildman–Crippen MR) is 82.2 cm³/mol. The number of carbonyl (C=O) groups is 2. The Morgan fingerprint density at radius 3 is 2.41 bits per heavy atom. The Labute approximate surface area is 130 Å². The fourth-order valence-electron chi connectivity index (χ4n) is 2.04. The van der Waals surface area contributed by atoms with E-state index in [9.17, 15) is 14.7 Å². The molecule has 122 valence electrons. The quantitative estimate of drug-likeness (QED) is 0.713. The second-order valence-corrected chi connectivity index (χ2v) is 5.04. The fraction of sp³-hybridized carbons (Fsp3) is 0.500. The second-order valence-electron chi connectivity index (χ2n) is 5.04. The van der Waals surface area contributed by atoms with Crippen molar-refractivity contribution in [2.75, 3.05) is 20.8 Å². The van der Waals surface area contributed by atoms with Crippen molar-refractivity contribution in [1.29, 1.82) is 0 Å². The maximum atomic E-state index is 11.7. The molecule has 6 nitrogen and oxygen atoms in total. The number of hydrogen-bond acceptors (Lipinski definition) is 5. The Balaban J connectivity index is 2.65. The number of rotatable bonds is 9. The minimum absolute atomic E-state index is 0.0319. The third-order valence-electron chi connectivity index (χ3n) is 3.22. The first-order valence-corrected chi connectivity index (χ1v) is 7.10. The van der Waals surface area contributed by atoms with E-state index in [1.807, 2.05) is 12.1 Å². The van der Waals surface area contributed by atoms with Crippen molar-refractivity contribution in [2.24, 2.45) is 0 Å². The van der Waals surface area contributed by atoms with E-state index in [1.54, 1.807) is 20.3 Å². The molecule has 6 heteroatoms. The van der Waals surface area contributed by atoms with E-state index in [2.05, 4.69) is 5.32 Å². The Kier molecular flexibility index (Phi) is 7.39. The van der Waals surface area contributed by atoms with E-state index in [4.69, 9.17) is 9.47 Å². The summed E-state index contributed by atoms with van der Waals surface area (Å²) in [4.78, 5) is 22.6. The minimum Gasteiger partial charge on any atom is -0.493 e. The minimum atomic E-state index is -0.405. The van der Waals surface area contributed by atoms with Crippen LogP contribution >= 0.6 is 0 Å². The van der Waals surface area contributed by atoms with Crippen molar-refractivity contribution in [3.63, 3.8) is 0 Å². The molecule has 0 radical (unpaired) electrons. The first-order valence-electron chi connectivity index (χ1n) is 7.10. The summed E-state index contributed by atoms with van der Waals surface area (Å²) in [5.41, 5.74) is 0.906. The summed E-state index contributed by atoms with van der Waals surface area (Å²) in [5, 5.41) is 12.1. The molecule has 1 atom stereocenters. The summed E-state index contributed by atoms with van der Waals surface area (Å²) < 4.78 is 10.4. The third-order valence-corrected chi connectivity index (χ3v) is 3.22. The second kappa shape index (κ2) is 9.04. The Morgan fingerprint density at radius 2 is 1.86 bits per heavy atom. The number of nitrogens with one attached hydrogen (secondary N) is 1. The van der Waals surface area contributed by atoms with Crippen molar-refractivity contribution in [1.82, 2.24) is 5.32 Å². The topological polar surface area (TPSA) is 84.9 Å². The summed E-state index contributed by atoms with van der Waals surface area (Å²) in [6.07, 6.45) is 0.806. The lowest BCUT2D eigenvalue weighted by atomic mass is 10.1. The zero-order chi connectivity index (χ0) is 16.5. The highest BCUT2D eigenvalue weighted by Crippen LogP contribution is 2.27. The van der Waals surface area contributed by atoms with E-state index in [0.29, 0.717) is 17.9 Å². The summed E-state index contributed by atoms with van der Waals surface area (Å²) in [6, 6.07) is 5.03. The fourth-order valence-corrected chi connectivity index (χ4v) is 2.04. The largest absolute Gasteiger partial charge is 0.493 e. The number of hydrogen-bond donors (Lipinski definition) is 2. The van der Waals surface area contributed by atoms with Gasteiger partial charge in [0.25, 0.3) is 0 Å². The number of methoxy groups -OCH3 is 2. The highest BCUT2D eigenvalue weighted by Gasteiger charge is 2.14. The van der Waals surface area contributed by atoms with Crippen molar-refractivity contribution < 1.29 is 24.2 Å². The van der Waals surface area contributed by atoms with E-state index in [-0.39, 0.29) is 31.1 Å². The van der Waals surface area contributed by atoms with Crippen molar-refractivity contribution in [3.8, 4) is 11.5 Å². The average Bonchev–Trinajstić information content (AvgIpc) is 2.52. The lowest BCUT2D eigenvalue weighted by Crippen LogP contribution is -2.39. The molecule has 0 fully saturated rings. The molecule has 0 saturated carbocycles. The van der Waals surface area contributed by atoms with Gasteiger partial charge in [-0.2, -0.15) is 0 Å². The lowest BCUT2D eigenvalue weighted by molar-refractivity contribution is -0.125. The lowest BCUT2D eigenvalue weighted by Gasteiger charge is -2.17. The normalized spacial score (nSPS) is 11.6. The van der Waals surface area contributed by atoms with Gasteiger partial charge in [0, 0.05) is 12.8 Å². The van der Waals surface area contributed by atoms with Gasteiger partial charge in [-0.25, -0.2) is 0 Å². The molecule has 0 heterocycles. The summed E-state index contributed by atoms with van der Waals surface area (Å²) in [6.45, 7) is 1.26. The molecular formula is C16H23NO5. The smallest absolute Gasteiger partial charge is 0.220 e. The maximum Gasteiger partial charge on any atom is 0.220 e. The van der Waals surface area contributed by atoms with E-state index in [1.165, 1.54) is 6.92 Å². The number of benzene rings is 1. The van der Waals surface area contributed by atoms with Crippen molar-refractivity contribution in [3.05, 3.63) is 23.8 Å². The Morgan fingerprint density at radius 1 is 1.18 bits per heavy atom. The summed E-state index contributed by atoms with van der Waals surface area (Å²) in [5.74, 6) is 0.946. The number of ether oxygens (including phenoxy) is 2. The molecule has 22 heavy (non-hydrogen) atoms. The van der Waals surface area contributed by atoms with Crippen LogP contribution in [0.1, 0.15) is 25.3 Å². The highest BCUT2D eigenvalue weighted by atomic mass is 16.5. The molecule has 0 spiro atoms. The molecule has 0 aliphatic heterocycles. The van der Waals surface area contributed by atoms with Crippen LogP contribution in [0.5, 0.6) is 11.5 Å². The van der Waals surface area contributed by atoms with Crippen LogP contribution in [-0.4, -0.2) is 43.7 Å². The molecule has 0 aliphatic rings. The summed E-state index contributed by atoms with van der Waals surface area (Å²) >= 11 is 0. The number of Topliss-reactive ketones (excluding diaryl/α,β-unsaturated/α-hetero) is 1. The van der Waals surface area contributed by atoms with Gasteiger partial charge in [0.1, 0.15) is 5.78 Å². The van der Waals surface area contributed by atoms with Gasteiger partial charge in [0.05, 0.1) is 26.9 Å². The number of carbonyl (C=O) groups excluding carboxylic acids is 2. The molecule has 0 saturated heterocycles. The van der Waals surface area contributed by atoms with Gasteiger partial charge in [-0.05, 0) is 31.0 Å². The maximum absolute atomic E-state index is 11.7. The van der Waals surface area contributed by atoms with Gasteiger partial charge >= 0.3 is 0 Å². The molecule has 0 aliphatic carbocycles. The number of aliphatic hydroxyl groups is 1. The number of ketones is 1. The molecule has 1 aromatic rings. The van der Waals surface area contributed by atoms with Gasteiger partial charge in [-0.1, -0.05) is 6.07 Å². The predicted octanol–water partition coefficient (Wildman–Crippen LogP) is 1.09. The van der Waals surface area contributed by atoms with Crippen LogP contribution in [0.15, 0.2) is 18.2 Å². The van der Waals surface area contributed by atoms with Crippen LogP contribution in [-0.2, 0) is 16.0 Å². The van der Waals surface area contributed by atoms with Gasteiger partial charge in [0.2, 0.25) is 5.91 Å². The SMILES string of the molecule is COc1ccc(C[C@@H](CO)NC(=O)CCC(C)=O)cc1OC. The van der Waals surface area contributed by atoms with Gasteiger partial charge in [0.15, 0.2) is 11.5 Å². The van der Waals surface area contributed by atoms with E-state index < -0.39 is 6.04 Å². The monoisotopic (exact) mass is 309 g/mol. The van der Waals surface area contributed by atoms with Crippen LogP contribution in [0, 0.1) is 0 Å². The molecule has 0 bridgehead atoms. The molecule has 1 aromatic carbocycles. The summed E-state index contributed by atoms with van der Waals surface area (Å²) in [7, 11) is 3.11. The van der Waals surface area contributed by atoms with E-state index in [0.717, 1.165) is 5.56 Å². The zero-order valence-corrected chi connectivity index (χ0v) is 13.2. The zero-order valence-electron chi connectivity index (χ0n) is 13.2. The molecule has 0 aromatic heterocycles. The molecular weight excluding hydrogens is 286 g/mol. The first-order chi connectivity index (χ1) is 10.5. The van der Waals surface area contributed by atoms with Crippen molar-refractivity contribution in [2.45, 2.75) is 32.2 Å². The Bertz CT molecular complexity index is 515. The Hall–Kier alpha value is -2.08. The number of aliphatic hydroxyl groups excluding tert-OH is 1.